The Balaban J connectivity index is 1.85. The van der Waals surface area contributed by atoms with Gasteiger partial charge >= 0.3 is 6.09 Å². The molecule has 0 aliphatic carbocycles. The molecular weight excluding hydrogens is 544 g/mol. The zero-order chi connectivity index (χ0) is 30.4. The summed E-state index contributed by atoms with van der Waals surface area (Å²) in [5, 5.41) is 0. The van der Waals surface area contributed by atoms with E-state index in [-0.39, 0.29) is 0 Å². The zero-order valence-corrected chi connectivity index (χ0v) is 26.2. The minimum absolute atomic E-state index is 0.401. The molecule has 2 amide bonds. The van der Waals surface area contributed by atoms with E-state index < -0.39 is 40.0 Å². The third-order valence-corrected chi connectivity index (χ3v) is 9.04. The Bertz CT molecular complexity index is 1260. The summed E-state index contributed by atoms with van der Waals surface area (Å²) >= 11 is 1.57. The van der Waals surface area contributed by atoms with Crippen molar-refractivity contribution in [3.8, 4) is 0 Å². The second-order valence-corrected chi connectivity index (χ2v) is 12.8. The number of hydrogen-bond acceptors (Lipinski definition) is 6. The number of carbonyl (C=O) groups excluding carboxylic acids is 2. The van der Waals surface area contributed by atoms with E-state index in [4.69, 9.17) is 9.47 Å². The molecule has 6 nitrogen and oxygen atoms in total. The molecule has 1 aliphatic heterocycles. The molecule has 0 aromatic heterocycles. The number of benzene rings is 3. The molecule has 4 rings (SSSR count). The number of carbonyl (C=O) groups is 2. The van der Waals surface area contributed by atoms with Gasteiger partial charge in [0.25, 0.3) is 5.91 Å². The molecule has 0 unspecified atom stereocenters. The van der Waals surface area contributed by atoms with Crippen molar-refractivity contribution < 1.29 is 19.1 Å². The second-order valence-electron chi connectivity index (χ2n) is 11.8. The topological polar surface area (TPSA) is 67.9 Å². The van der Waals surface area contributed by atoms with Gasteiger partial charge in [0.1, 0.15) is 10.3 Å². The Morgan fingerprint density at radius 1 is 0.881 bits per heavy atom. The SMILES string of the molecule is CCC[C@](C)(OC)[C@H](NSC(c1ccccc1)(c1ccccc1)c1ccccc1)[C@H]1C=CC(=O)N1C(=O)OC(C)(C)C. The Kier molecular flexibility index (Phi) is 9.97. The molecule has 0 fully saturated rings. The first kappa shape index (κ1) is 31.5. The highest BCUT2D eigenvalue weighted by molar-refractivity contribution is 7.98. The van der Waals surface area contributed by atoms with E-state index in [1.54, 1.807) is 45.9 Å². The lowest BCUT2D eigenvalue weighted by Gasteiger charge is -2.44. The van der Waals surface area contributed by atoms with Crippen LogP contribution in [0.15, 0.2) is 103 Å². The van der Waals surface area contributed by atoms with Crippen molar-refractivity contribution in [1.29, 1.82) is 0 Å². The number of hydrogen-bond donors (Lipinski definition) is 1. The summed E-state index contributed by atoms with van der Waals surface area (Å²) in [5.74, 6) is -0.401. The van der Waals surface area contributed by atoms with Crippen molar-refractivity contribution in [3.05, 3.63) is 120 Å². The Morgan fingerprint density at radius 2 is 1.36 bits per heavy atom. The van der Waals surface area contributed by atoms with Crippen molar-refractivity contribution in [2.24, 2.45) is 0 Å². The normalized spacial score (nSPS) is 17.6. The van der Waals surface area contributed by atoms with Gasteiger partial charge in [-0.3, -0.25) is 9.52 Å². The van der Waals surface area contributed by atoms with Crippen LogP contribution >= 0.6 is 11.9 Å². The van der Waals surface area contributed by atoms with E-state index in [1.807, 2.05) is 61.5 Å². The third kappa shape index (κ3) is 6.64. The number of methoxy groups -OCH3 is 1. The minimum atomic E-state index is -0.751. The highest BCUT2D eigenvalue weighted by Crippen LogP contribution is 2.48. The summed E-state index contributed by atoms with van der Waals surface area (Å²) in [6.45, 7) is 9.52. The molecule has 0 saturated heterocycles. The van der Waals surface area contributed by atoms with E-state index in [9.17, 15) is 9.59 Å². The molecule has 7 heteroatoms. The van der Waals surface area contributed by atoms with Crippen LogP contribution in [0.3, 0.4) is 0 Å². The minimum Gasteiger partial charge on any atom is -0.443 e. The lowest BCUT2D eigenvalue weighted by molar-refractivity contribution is -0.127. The molecule has 0 radical (unpaired) electrons. The highest BCUT2D eigenvalue weighted by Gasteiger charge is 2.48. The third-order valence-electron chi connectivity index (χ3n) is 7.65. The molecule has 42 heavy (non-hydrogen) atoms. The van der Waals surface area contributed by atoms with Crippen LogP contribution in [0.1, 0.15) is 64.2 Å². The number of nitrogens with zero attached hydrogens (tertiary/aromatic N) is 1. The fraction of sp³-hybridized carbons (Fsp3) is 0.371. The largest absolute Gasteiger partial charge is 0.443 e. The predicted molar refractivity (Wildman–Crippen MR) is 170 cm³/mol. The summed E-state index contributed by atoms with van der Waals surface area (Å²) in [6.07, 6.45) is 4.12. The monoisotopic (exact) mass is 586 g/mol. The van der Waals surface area contributed by atoms with Gasteiger partial charge in [-0.05, 0) is 50.8 Å². The Labute approximate surface area is 254 Å². The second kappa shape index (κ2) is 13.3. The summed E-state index contributed by atoms with van der Waals surface area (Å²) in [7, 11) is 1.69. The quantitative estimate of drug-likeness (QED) is 0.185. The van der Waals surface area contributed by atoms with Gasteiger partial charge in [-0.1, -0.05) is 122 Å². The molecule has 222 valence electrons. The number of imide groups is 1. The van der Waals surface area contributed by atoms with Crippen molar-refractivity contribution in [2.75, 3.05) is 7.11 Å². The van der Waals surface area contributed by atoms with E-state index in [1.165, 1.54) is 11.0 Å². The molecule has 3 aromatic rings. The predicted octanol–water partition coefficient (Wildman–Crippen LogP) is 7.49. The maximum absolute atomic E-state index is 13.4. The molecule has 0 spiro atoms. The lowest BCUT2D eigenvalue weighted by atomic mass is 9.84. The van der Waals surface area contributed by atoms with Crippen LogP contribution in [0, 0.1) is 0 Å². The maximum atomic E-state index is 13.4. The smallest absolute Gasteiger partial charge is 0.417 e. The number of nitrogens with one attached hydrogen (secondary N) is 1. The van der Waals surface area contributed by atoms with E-state index in [0.29, 0.717) is 6.42 Å². The van der Waals surface area contributed by atoms with Crippen molar-refractivity contribution in [3.63, 3.8) is 0 Å². The van der Waals surface area contributed by atoms with Crippen molar-refractivity contribution >= 4 is 23.9 Å². The molecule has 1 heterocycles. The van der Waals surface area contributed by atoms with Gasteiger partial charge in [0.15, 0.2) is 0 Å². The molecule has 3 atom stereocenters. The van der Waals surface area contributed by atoms with E-state index >= 15 is 0 Å². The molecule has 0 saturated carbocycles. The van der Waals surface area contributed by atoms with Crippen LogP contribution in [0.25, 0.3) is 0 Å². The average Bonchev–Trinajstić information content (AvgIpc) is 3.37. The molecule has 1 N–H and O–H groups in total. The summed E-state index contributed by atoms with van der Waals surface area (Å²) in [6, 6.07) is 30.1. The zero-order valence-electron chi connectivity index (χ0n) is 25.4. The molecule has 1 aliphatic rings. The fourth-order valence-electron chi connectivity index (χ4n) is 5.56. The van der Waals surface area contributed by atoms with Crippen LogP contribution in [0.5, 0.6) is 0 Å². The van der Waals surface area contributed by atoms with Crippen molar-refractivity contribution in [1.82, 2.24) is 9.62 Å². The lowest BCUT2D eigenvalue weighted by Crippen LogP contribution is -2.60. The van der Waals surface area contributed by atoms with E-state index in [2.05, 4.69) is 48.0 Å². The van der Waals surface area contributed by atoms with Crippen LogP contribution < -0.4 is 4.72 Å². The van der Waals surface area contributed by atoms with Gasteiger partial charge < -0.3 is 9.47 Å². The summed E-state index contributed by atoms with van der Waals surface area (Å²) in [5.41, 5.74) is 1.80. The summed E-state index contributed by atoms with van der Waals surface area (Å²) < 4.78 is 15.0. The van der Waals surface area contributed by atoms with Gasteiger partial charge in [0, 0.05) is 13.2 Å². The molecule has 3 aromatic carbocycles. The summed E-state index contributed by atoms with van der Waals surface area (Å²) in [4.78, 5) is 27.7. The van der Waals surface area contributed by atoms with Crippen LogP contribution in [-0.2, 0) is 19.0 Å². The standard InChI is InChI=1S/C35H42N2O4S/c1-7-25-34(5,40-6)31(29-23-24-30(38)37(29)32(39)41-33(2,3)4)36-42-35(26-17-11-8-12-18-26,27-19-13-9-14-20-27)28-21-15-10-16-22-28/h8-24,29,31,36H,7,25H2,1-6H3/t29-,31-,34+/m1/s1. The van der Waals surface area contributed by atoms with Gasteiger partial charge in [0.05, 0.1) is 17.7 Å². The van der Waals surface area contributed by atoms with E-state index in [0.717, 1.165) is 23.1 Å². The fourth-order valence-corrected chi connectivity index (χ4v) is 7.02. The molecular formula is C35H42N2O4S. The van der Waals surface area contributed by atoms with Gasteiger partial charge in [0.2, 0.25) is 0 Å². The first-order valence-corrected chi connectivity index (χ1v) is 15.3. The first-order valence-electron chi connectivity index (χ1n) is 14.5. The van der Waals surface area contributed by atoms with Crippen LogP contribution in [-0.4, -0.2) is 47.3 Å². The number of ether oxygens (including phenoxy) is 2. The Morgan fingerprint density at radius 3 is 1.76 bits per heavy atom. The maximum Gasteiger partial charge on any atom is 0.417 e. The van der Waals surface area contributed by atoms with Crippen LogP contribution in [0.2, 0.25) is 0 Å². The number of amides is 2. The van der Waals surface area contributed by atoms with Crippen LogP contribution in [0.4, 0.5) is 4.79 Å². The number of rotatable bonds is 11. The van der Waals surface area contributed by atoms with Gasteiger partial charge in [-0.15, -0.1) is 0 Å². The Hall–Kier alpha value is -3.39. The first-order chi connectivity index (χ1) is 20.1. The van der Waals surface area contributed by atoms with Gasteiger partial charge in [-0.2, -0.15) is 0 Å². The van der Waals surface area contributed by atoms with Gasteiger partial charge in [-0.25, -0.2) is 9.69 Å². The highest BCUT2D eigenvalue weighted by atomic mass is 32.2. The average molecular weight is 587 g/mol. The van der Waals surface area contributed by atoms with Crippen molar-refractivity contribution in [2.45, 2.75) is 75.5 Å². The molecule has 0 bridgehead atoms.